The van der Waals surface area contributed by atoms with Gasteiger partial charge in [0, 0.05) is 13.1 Å². The number of hydrogen-bond donors (Lipinski definition) is 1. The summed E-state index contributed by atoms with van der Waals surface area (Å²) in [6, 6.07) is 0. The summed E-state index contributed by atoms with van der Waals surface area (Å²) >= 11 is 0. The molecule has 0 fully saturated rings. The van der Waals surface area contributed by atoms with Crippen LogP contribution in [0, 0.1) is 0 Å². The van der Waals surface area contributed by atoms with E-state index in [1.54, 1.807) is 0 Å². The highest BCUT2D eigenvalue weighted by molar-refractivity contribution is 5.23. The Bertz CT molecular complexity index is 204. The molecule has 2 heteroatoms. The Balaban J connectivity index is 2.26. The summed E-state index contributed by atoms with van der Waals surface area (Å²) in [6.45, 7) is 0.947. The minimum atomic E-state index is -0.293. The van der Waals surface area contributed by atoms with E-state index in [4.69, 9.17) is 0 Å². The molecule has 0 aromatic carbocycles. The second kappa shape index (κ2) is 5.72. The van der Waals surface area contributed by atoms with E-state index < -0.39 is 0 Å². The maximum absolute atomic E-state index is 11.7. The van der Waals surface area contributed by atoms with Gasteiger partial charge >= 0.3 is 0 Å². The van der Waals surface area contributed by atoms with Crippen molar-refractivity contribution in [1.29, 1.82) is 0 Å². The van der Waals surface area contributed by atoms with Crippen LogP contribution in [-0.2, 0) is 0 Å². The maximum Gasteiger partial charge on any atom is 0.102 e. The van der Waals surface area contributed by atoms with Gasteiger partial charge in [-0.1, -0.05) is 36.0 Å². The molecule has 0 bridgehead atoms. The summed E-state index contributed by atoms with van der Waals surface area (Å²) in [6.07, 6.45) is 11.2. The number of hydrogen-bond acceptors (Lipinski definition) is 1. The zero-order valence-electron chi connectivity index (χ0n) is 7.09. The predicted octanol–water partition coefficient (Wildman–Crippen LogP) is 1.99. The van der Waals surface area contributed by atoms with Crippen LogP contribution in [0.15, 0.2) is 36.0 Å². The summed E-state index contributed by atoms with van der Waals surface area (Å²) < 4.78 is 11.7. The lowest BCUT2D eigenvalue weighted by Crippen LogP contribution is -2.19. The van der Waals surface area contributed by atoms with E-state index in [1.165, 1.54) is 5.57 Å². The molecule has 0 heterocycles. The zero-order chi connectivity index (χ0) is 8.65. The Kier molecular flexibility index (Phi) is 4.39. The van der Waals surface area contributed by atoms with Crippen LogP contribution >= 0.6 is 0 Å². The van der Waals surface area contributed by atoms with E-state index in [2.05, 4.69) is 17.5 Å². The molecule has 0 aromatic rings. The molecule has 0 amide bonds. The molecule has 0 saturated carbocycles. The average molecular weight is 167 g/mol. The highest BCUT2D eigenvalue weighted by Gasteiger charge is 1.94. The molecule has 0 aliphatic heterocycles. The molecule has 0 atom stereocenters. The van der Waals surface area contributed by atoms with E-state index in [0.29, 0.717) is 6.54 Å². The number of halogens is 1. The first-order valence-corrected chi connectivity index (χ1v) is 4.21. The molecule has 0 unspecified atom stereocenters. The molecule has 12 heavy (non-hydrogen) atoms. The fraction of sp³-hybridized carbons (Fsp3) is 0.400. The maximum atomic E-state index is 11.7. The molecule has 1 aliphatic carbocycles. The monoisotopic (exact) mass is 167 g/mol. The van der Waals surface area contributed by atoms with E-state index in [9.17, 15) is 4.39 Å². The van der Waals surface area contributed by atoms with Crippen LogP contribution in [0.25, 0.3) is 0 Å². The highest BCUT2D eigenvalue weighted by Crippen LogP contribution is 2.04. The molecule has 0 saturated heterocycles. The fourth-order valence-corrected chi connectivity index (χ4v) is 1.07. The second-order valence-electron chi connectivity index (χ2n) is 2.71. The van der Waals surface area contributed by atoms with Crippen LogP contribution in [0.4, 0.5) is 4.39 Å². The fourth-order valence-electron chi connectivity index (χ4n) is 1.07. The molecule has 1 aliphatic rings. The van der Waals surface area contributed by atoms with Gasteiger partial charge in [0.1, 0.15) is 6.67 Å². The van der Waals surface area contributed by atoms with Crippen molar-refractivity contribution in [1.82, 2.24) is 5.32 Å². The number of nitrogens with one attached hydrogen (secondary N) is 1. The molecule has 66 valence electrons. The smallest absolute Gasteiger partial charge is 0.102 e. The normalized spacial score (nSPS) is 15.9. The van der Waals surface area contributed by atoms with Gasteiger partial charge in [-0.3, -0.25) is 0 Å². The van der Waals surface area contributed by atoms with Crippen molar-refractivity contribution in [2.45, 2.75) is 6.42 Å². The van der Waals surface area contributed by atoms with E-state index in [0.717, 1.165) is 13.0 Å². The first-order chi connectivity index (χ1) is 5.93. The van der Waals surface area contributed by atoms with Gasteiger partial charge in [-0.2, -0.15) is 0 Å². The van der Waals surface area contributed by atoms with Crippen LogP contribution < -0.4 is 5.32 Å². The van der Waals surface area contributed by atoms with Crippen molar-refractivity contribution in [2.75, 3.05) is 19.8 Å². The van der Waals surface area contributed by atoms with E-state index in [-0.39, 0.29) is 6.67 Å². The van der Waals surface area contributed by atoms with Gasteiger partial charge in [-0.15, -0.1) is 0 Å². The van der Waals surface area contributed by atoms with Crippen molar-refractivity contribution < 1.29 is 4.39 Å². The highest BCUT2D eigenvalue weighted by atomic mass is 19.1. The topological polar surface area (TPSA) is 12.0 Å². The van der Waals surface area contributed by atoms with Gasteiger partial charge in [0.2, 0.25) is 0 Å². The number of rotatable bonds is 4. The quantitative estimate of drug-likeness (QED) is 0.631. The standard InChI is InChI=1S/C10H14FN/c11-7-8-12-9-10-5-3-1-2-4-6-10/h1-5,12H,6-9H2. The Morgan fingerprint density at radius 3 is 3.08 bits per heavy atom. The van der Waals surface area contributed by atoms with Gasteiger partial charge < -0.3 is 5.32 Å². The average Bonchev–Trinajstić information content (AvgIpc) is 2.33. The third-order valence-electron chi connectivity index (χ3n) is 1.69. The van der Waals surface area contributed by atoms with Crippen molar-refractivity contribution in [3.63, 3.8) is 0 Å². The lowest BCUT2D eigenvalue weighted by Gasteiger charge is -2.03. The molecule has 1 N–H and O–H groups in total. The Morgan fingerprint density at radius 1 is 1.33 bits per heavy atom. The lowest BCUT2D eigenvalue weighted by atomic mass is 10.2. The first kappa shape index (κ1) is 9.20. The lowest BCUT2D eigenvalue weighted by molar-refractivity contribution is 0.473. The van der Waals surface area contributed by atoms with Crippen LogP contribution in [-0.4, -0.2) is 19.8 Å². The second-order valence-corrected chi connectivity index (χ2v) is 2.71. The van der Waals surface area contributed by atoms with Crippen LogP contribution in [0.5, 0.6) is 0 Å². The Hall–Kier alpha value is -0.890. The number of alkyl halides is 1. The molecule has 1 rings (SSSR count). The molecule has 1 nitrogen and oxygen atoms in total. The third kappa shape index (κ3) is 3.49. The van der Waals surface area contributed by atoms with Crippen molar-refractivity contribution >= 4 is 0 Å². The van der Waals surface area contributed by atoms with E-state index in [1.807, 2.05) is 18.2 Å². The van der Waals surface area contributed by atoms with Crippen molar-refractivity contribution in [2.24, 2.45) is 0 Å². The molecule has 0 spiro atoms. The minimum Gasteiger partial charge on any atom is -0.310 e. The summed E-state index contributed by atoms with van der Waals surface area (Å²) in [5, 5.41) is 3.02. The van der Waals surface area contributed by atoms with Gasteiger partial charge in [0.05, 0.1) is 0 Å². The van der Waals surface area contributed by atoms with Gasteiger partial charge in [-0.25, -0.2) is 4.39 Å². The third-order valence-corrected chi connectivity index (χ3v) is 1.69. The van der Waals surface area contributed by atoms with Crippen molar-refractivity contribution in [3.8, 4) is 0 Å². The van der Waals surface area contributed by atoms with Crippen LogP contribution in [0.2, 0.25) is 0 Å². The van der Waals surface area contributed by atoms with Crippen LogP contribution in [0.1, 0.15) is 6.42 Å². The molecule has 0 aromatic heterocycles. The summed E-state index contributed by atoms with van der Waals surface area (Å²) in [5.41, 5.74) is 1.30. The summed E-state index contributed by atoms with van der Waals surface area (Å²) in [5.74, 6) is 0. The molecular weight excluding hydrogens is 153 g/mol. The predicted molar refractivity (Wildman–Crippen MR) is 49.8 cm³/mol. The summed E-state index contributed by atoms with van der Waals surface area (Å²) in [4.78, 5) is 0. The van der Waals surface area contributed by atoms with E-state index >= 15 is 0 Å². The zero-order valence-corrected chi connectivity index (χ0v) is 7.09. The van der Waals surface area contributed by atoms with Crippen molar-refractivity contribution in [3.05, 3.63) is 36.0 Å². The van der Waals surface area contributed by atoms with Gasteiger partial charge in [0.15, 0.2) is 0 Å². The minimum absolute atomic E-state index is 0.293. The first-order valence-electron chi connectivity index (χ1n) is 4.21. The Morgan fingerprint density at radius 2 is 2.25 bits per heavy atom. The van der Waals surface area contributed by atoms with Crippen LogP contribution in [0.3, 0.4) is 0 Å². The van der Waals surface area contributed by atoms with Gasteiger partial charge in [-0.05, 0) is 6.42 Å². The number of allylic oxidation sites excluding steroid dienone is 5. The largest absolute Gasteiger partial charge is 0.310 e. The Labute approximate surface area is 72.7 Å². The summed E-state index contributed by atoms with van der Waals surface area (Å²) in [7, 11) is 0. The molecular formula is C10H14FN. The molecule has 0 radical (unpaired) electrons. The van der Waals surface area contributed by atoms with Gasteiger partial charge in [0.25, 0.3) is 0 Å². The SMILES string of the molecule is FCCNCC1=CC=CC=CC1.